The van der Waals surface area contributed by atoms with Gasteiger partial charge in [-0.25, -0.2) is 0 Å². The van der Waals surface area contributed by atoms with Crippen LogP contribution < -0.4 is 0 Å². The Hall–Kier alpha value is -3.02. The summed E-state index contributed by atoms with van der Waals surface area (Å²) in [7, 11) is 0. The molecule has 2 aromatic carbocycles. The molecule has 0 aliphatic rings. The Kier molecular flexibility index (Phi) is 5.73. The van der Waals surface area contributed by atoms with Crippen molar-refractivity contribution in [2.75, 3.05) is 0 Å². The van der Waals surface area contributed by atoms with Crippen molar-refractivity contribution in [3.8, 4) is 0 Å². The van der Waals surface area contributed by atoms with E-state index in [0.717, 1.165) is 22.3 Å². The number of nitrogens with zero attached hydrogens (tertiary/aromatic N) is 2. The van der Waals surface area contributed by atoms with Crippen LogP contribution in [0.2, 0.25) is 0 Å². The number of benzene rings is 2. The molecular weight excluding hydrogens is 356 g/mol. The average molecular weight is 382 g/mol. The highest BCUT2D eigenvalue weighted by Gasteiger charge is 2.30. The van der Waals surface area contributed by atoms with Gasteiger partial charge in [0.1, 0.15) is 0 Å². The van der Waals surface area contributed by atoms with Gasteiger partial charge in [0.2, 0.25) is 0 Å². The minimum Gasteiger partial charge on any atom is -0.258 e. The third-order valence-corrected chi connectivity index (χ3v) is 4.48. The largest absolute Gasteiger partial charge is 0.269 e. The van der Waals surface area contributed by atoms with Gasteiger partial charge in [0.05, 0.1) is 9.85 Å². The summed E-state index contributed by atoms with van der Waals surface area (Å²) in [5, 5.41) is 22.0. The van der Waals surface area contributed by atoms with Crippen LogP contribution in [-0.2, 0) is 0 Å². The van der Waals surface area contributed by atoms with Crippen LogP contribution in [0.15, 0.2) is 48.5 Å². The van der Waals surface area contributed by atoms with E-state index in [1.54, 1.807) is 24.3 Å². The smallest absolute Gasteiger partial charge is 0.258 e. The summed E-state index contributed by atoms with van der Waals surface area (Å²) in [6.45, 7) is 12.6. The first-order chi connectivity index (χ1) is 12.8. The van der Waals surface area contributed by atoms with Gasteiger partial charge in [0.25, 0.3) is 11.4 Å². The molecule has 0 spiro atoms. The van der Waals surface area contributed by atoms with Crippen LogP contribution in [0.3, 0.4) is 0 Å². The SMILES string of the molecule is CC(C)(C)/C(=C(/c1ccc([N+](=O)[O-])cc1)C(C)(C)C)c1ccc([N+](=O)[O-])cc1. The van der Waals surface area contributed by atoms with Crippen LogP contribution in [0.25, 0.3) is 11.1 Å². The van der Waals surface area contributed by atoms with E-state index >= 15 is 0 Å². The van der Waals surface area contributed by atoms with Crippen LogP contribution in [0, 0.1) is 31.1 Å². The van der Waals surface area contributed by atoms with Crippen molar-refractivity contribution >= 4 is 22.5 Å². The highest BCUT2D eigenvalue weighted by atomic mass is 16.6. The molecule has 0 saturated carbocycles. The predicted octanol–water partition coefficient (Wildman–Crippen LogP) is 6.51. The Labute approximate surface area is 165 Å². The maximum absolute atomic E-state index is 11.0. The molecule has 0 N–H and O–H groups in total. The van der Waals surface area contributed by atoms with E-state index in [1.165, 1.54) is 24.3 Å². The number of allylic oxidation sites excluding steroid dienone is 2. The Balaban J connectivity index is 2.80. The maximum Gasteiger partial charge on any atom is 0.269 e. The van der Waals surface area contributed by atoms with Crippen LogP contribution in [0.5, 0.6) is 0 Å². The van der Waals surface area contributed by atoms with Crippen LogP contribution in [0.1, 0.15) is 52.7 Å². The lowest BCUT2D eigenvalue weighted by Crippen LogP contribution is -2.18. The number of non-ortho nitro benzene ring substituents is 2. The summed E-state index contributed by atoms with van der Waals surface area (Å²) in [5.74, 6) is 0. The lowest BCUT2D eigenvalue weighted by molar-refractivity contribution is -0.385. The lowest BCUT2D eigenvalue weighted by Gasteiger charge is -2.34. The summed E-state index contributed by atoms with van der Waals surface area (Å²) in [6.07, 6.45) is 0. The standard InChI is InChI=1S/C22H26N2O4/c1-21(2,3)19(15-7-11-17(12-8-15)23(25)26)20(22(4,5)6)16-9-13-18(14-10-16)24(27)28/h7-14H,1-6H3/b20-19-. The Bertz CT molecular complexity index is 835. The Morgan fingerprint density at radius 2 is 0.857 bits per heavy atom. The number of nitro benzene ring substituents is 2. The fourth-order valence-corrected chi connectivity index (χ4v) is 3.40. The molecule has 2 rings (SSSR count). The molecule has 0 saturated heterocycles. The maximum atomic E-state index is 11.0. The van der Waals surface area contributed by atoms with Gasteiger partial charge >= 0.3 is 0 Å². The van der Waals surface area contributed by atoms with Crippen molar-refractivity contribution in [3.05, 3.63) is 79.9 Å². The number of hydrogen-bond acceptors (Lipinski definition) is 4. The van der Waals surface area contributed by atoms with Gasteiger partial charge in [0.15, 0.2) is 0 Å². The van der Waals surface area contributed by atoms with E-state index in [0.29, 0.717) is 0 Å². The van der Waals surface area contributed by atoms with Crippen LogP contribution in [0.4, 0.5) is 11.4 Å². The molecule has 6 nitrogen and oxygen atoms in total. The molecule has 0 amide bonds. The normalized spacial score (nSPS) is 13.1. The molecule has 0 fully saturated rings. The molecule has 0 bridgehead atoms. The zero-order valence-corrected chi connectivity index (χ0v) is 17.1. The third-order valence-electron chi connectivity index (χ3n) is 4.48. The quantitative estimate of drug-likeness (QED) is 0.343. The van der Waals surface area contributed by atoms with Crippen molar-refractivity contribution < 1.29 is 9.85 Å². The summed E-state index contributed by atoms with van der Waals surface area (Å²) in [6, 6.07) is 13.1. The zero-order valence-electron chi connectivity index (χ0n) is 17.1. The van der Waals surface area contributed by atoms with E-state index in [9.17, 15) is 20.2 Å². The molecule has 0 unspecified atom stereocenters. The second-order valence-electron chi connectivity index (χ2n) is 8.86. The average Bonchev–Trinajstić information content (AvgIpc) is 2.57. The van der Waals surface area contributed by atoms with Gasteiger partial charge in [-0.2, -0.15) is 0 Å². The van der Waals surface area contributed by atoms with E-state index in [4.69, 9.17) is 0 Å². The summed E-state index contributed by atoms with van der Waals surface area (Å²) in [5.41, 5.74) is 3.52. The molecule has 28 heavy (non-hydrogen) atoms. The molecule has 2 aromatic rings. The van der Waals surface area contributed by atoms with Crippen molar-refractivity contribution in [1.29, 1.82) is 0 Å². The Morgan fingerprint density at radius 1 is 0.607 bits per heavy atom. The summed E-state index contributed by atoms with van der Waals surface area (Å²) < 4.78 is 0. The molecule has 6 heteroatoms. The highest BCUT2D eigenvalue weighted by Crippen LogP contribution is 2.47. The topological polar surface area (TPSA) is 86.3 Å². The summed E-state index contributed by atoms with van der Waals surface area (Å²) in [4.78, 5) is 21.2. The predicted molar refractivity (Wildman–Crippen MR) is 112 cm³/mol. The fraction of sp³-hybridized carbons (Fsp3) is 0.364. The van der Waals surface area contributed by atoms with E-state index in [1.807, 2.05) is 0 Å². The second kappa shape index (κ2) is 7.54. The van der Waals surface area contributed by atoms with Crippen molar-refractivity contribution in [1.82, 2.24) is 0 Å². The van der Waals surface area contributed by atoms with Crippen molar-refractivity contribution in [2.24, 2.45) is 10.8 Å². The van der Waals surface area contributed by atoms with Crippen LogP contribution in [-0.4, -0.2) is 9.85 Å². The molecule has 0 atom stereocenters. The van der Waals surface area contributed by atoms with Gasteiger partial charge in [-0.15, -0.1) is 0 Å². The van der Waals surface area contributed by atoms with Crippen molar-refractivity contribution in [3.63, 3.8) is 0 Å². The van der Waals surface area contributed by atoms with Crippen molar-refractivity contribution in [2.45, 2.75) is 41.5 Å². The molecule has 148 valence electrons. The Morgan fingerprint density at radius 3 is 1.04 bits per heavy atom. The van der Waals surface area contributed by atoms with E-state index in [2.05, 4.69) is 41.5 Å². The molecule has 0 aliphatic heterocycles. The minimum atomic E-state index is -0.411. The van der Waals surface area contributed by atoms with Crippen LogP contribution >= 0.6 is 0 Å². The molecular formula is C22H26N2O4. The second-order valence-corrected chi connectivity index (χ2v) is 8.86. The monoisotopic (exact) mass is 382 g/mol. The van der Waals surface area contributed by atoms with Gasteiger partial charge in [-0.1, -0.05) is 41.5 Å². The van der Waals surface area contributed by atoms with Gasteiger partial charge in [-0.3, -0.25) is 20.2 Å². The number of nitro groups is 2. The molecule has 0 heterocycles. The van der Waals surface area contributed by atoms with Gasteiger partial charge in [0, 0.05) is 24.3 Å². The number of rotatable bonds is 4. The lowest BCUT2D eigenvalue weighted by atomic mass is 9.70. The molecule has 0 radical (unpaired) electrons. The number of hydrogen-bond donors (Lipinski definition) is 0. The van der Waals surface area contributed by atoms with Gasteiger partial charge < -0.3 is 0 Å². The summed E-state index contributed by atoms with van der Waals surface area (Å²) >= 11 is 0. The van der Waals surface area contributed by atoms with E-state index < -0.39 is 9.85 Å². The van der Waals surface area contributed by atoms with E-state index in [-0.39, 0.29) is 22.2 Å². The van der Waals surface area contributed by atoms with Gasteiger partial charge in [-0.05, 0) is 57.4 Å². The first kappa shape index (κ1) is 21.3. The zero-order chi connectivity index (χ0) is 21.3. The molecule has 0 aromatic heterocycles. The first-order valence-corrected chi connectivity index (χ1v) is 9.07. The molecule has 0 aliphatic carbocycles. The third kappa shape index (κ3) is 4.63. The minimum absolute atomic E-state index is 0.0460. The fourth-order valence-electron chi connectivity index (χ4n) is 3.40. The first-order valence-electron chi connectivity index (χ1n) is 9.07. The highest BCUT2D eigenvalue weighted by molar-refractivity contribution is 5.95.